The van der Waals surface area contributed by atoms with Crippen LogP contribution in [-0.2, 0) is 14.3 Å². The van der Waals surface area contributed by atoms with Crippen molar-refractivity contribution in [3.63, 3.8) is 0 Å². The summed E-state index contributed by atoms with van der Waals surface area (Å²) in [4.78, 5) is 26.4. The van der Waals surface area contributed by atoms with Gasteiger partial charge in [-0.05, 0) is 32.6 Å². The number of hydrogen-bond acceptors (Lipinski definition) is 3. The summed E-state index contributed by atoms with van der Waals surface area (Å²) >= 11 is 0. The van der Waals surface area contributed by atoms with Crippen molar-refractivity contribution in [1.29, 1.82) is 0 Å². The molecular formula is C14H26N2O3. The van der Waals surface area contributed by atoms with E-state index in [1.54, 1.807) is 21.0 Å². The molecule has 1 fully saturated rings. The molecule has 1 aliphatic rings. The average Bonchev–Trinajstić information content (AvgIpc) is 2.37. The van der Waals surface area contributed by atoms with E-state index in [4.69, 9.17) is 4.74 Å². The van der Waals surface area contributed by atoms with Crippen molar-refractivity contribution in [3.8, 4) is 0 Å². The fourth-order valence-corrected chi connectivity index (χ4v) is 2.35. The Morgan fingerprint density at radius 1 is 1.42 bits per heavy atom. The van der Waals surface area contributed by atoms with Crippen LogP contribution in [0.5, 0.6) is 0 Å². The van der Waals surface area contributed by atoms with Crippen molar-refractivity contribution < 1.29 is 14.3 Å². The highest BCUT2D eigenvalue weighted by Gasteiger charge is 2.39. The zero-order valence-electron chi connectivity index (χ0n) is 12.5. The molecule has 110 valence electrons. The monoisotopic (exact) mass is 270 g/mol. The predicted octanol–water partition coefficient (Wildman–Crippen LogP) is 1.03. The van der Waals surface area contributed by atoms with Crippen LogP contribution in [0.4, 0.5) is 0 Å². The molecule has 1 heterocycles. The molecule has 5 heteroatoms. The molecule has 1 rings (SSSR count). The molecule has 1 saturated heterocycles. The Hall–Kier alpha value is -1.10. The van der Waals surface area contributed by atoms with Crippen LogP contribution < -0.4 is 5.32 Å². The summed E-state index contributed by atoms with van der Waals surface area (Å²) in [6.45, 7) is 7.93. The largest absolute Gasteiger partial charge is 0.383 e. The number of hydrogen-bond donors (Lipinski definition) is 1. The molecule has 2 amide bonds. The second-order valence-electron chi connectivity index (χ2n) is 5.87. The van der Waals surface area contributed by atoms with Crippen LogP contribution in [0.3, 0.4) is 0 Å². The topological polar surface area (TPSA) is 58.6 Å². The molecule has 0 aromatic heterocycles. The van der Waals surface area contributed by atoms with E-state index in [1.165, 1.54) is 0 Å². The van der Waals surface area contributed by atoms with Crippen LogP contribution in [0.15, 0.2) is 0 Å². The molecule has 5 nitrogen and oxygen atoms in total. The van der Waals surface area contributed by atoms with Gasteiger partial charge >= 0.3 is 0 Å². The van der Waals surface area contributed by atoms with Gasteiger partial charge in [0.2, 0.25) is 11.8 Å². The summed E-state index contributed by atoms with van der Waals surface area (Å²) in [5.41, 5.74) is -1.01. The second kappa shape index (κ2) is 6.89. The summed E-state index contributed by atoms with van der Waals surface area (Å²) in [5.74, 6) is 0.215. The van der Waals surface area contributed by atoms with Gasteiger partial charge in [0.1, 0.15) is 5.41 Å². The highest BCUT2D eigenvalue weighted by atomic mass is 16.5. The number of ether oxygens (including phenoxy) is 1. The first-order valence-corrected chi connectivity index (χ1v) is 6.96. The summed E-state index contributed by atoms with van der Waals surface area (Å²) < 4.78 is 4.89. The molecule has 1 aliphatic heterocycles. The van der Waals surface area contributed by atoms with Crippen molar-refractivity contribution in [3.05, 3.63) is 0 Å². The molecule has 1 N–H and O–H groups in total. The highest BCUT2D eigenvalue weighted by Crippen LogP contribution is 2.24. The SMILES string of the molecule is COCCNC(=O)C(C)(C)C(=O)N1CCCC(C)C1. The Morgan fingerprint density at radius 2 is 2.11 bits per heavy atom. The molecule has 0 bridgehead atoms. The lowest BCUT2D eigenvalue weighted by Gasteiger charge is -2.36. The standard InChI is InChI=1S/C14H26N2O3/c1-11-6-5-8-16(10-11)13(18)14(2,3)12(17)15-7-9-19-4/h11H,5-10H2,1-4H3,(H,15,17). The van der Waals surface area contributed by atoms with E-state index in [0.717, 1.165) is 25.9 Å². The van der Waals surface area contributed by atoms with Gasteiger partial charge in [0.15, 0.2) is 0 Å². The van der Waals surface area contributed by atoms with Crippen LogP contribution in [0.2, 0.25) is 0 Å². The van der Waals surface area contributed by atoms with Crippen LogP contribution in [-0.4, -0.2) is 50.1 Å². The Morgan fingerprint density at radius 3 is 2.68 bits per heavy atom. The van der Waals surface area contributed by atoms with E-state index in [2.05, 4.69) is 12.2 Å². The van der Waals surface area contributed by atoms with Crippen molar-refractivity contribution in [1.82, 2.24) is 10.2 Å². The van der Waals surface area contributed by atoms with Gasteiger partial charge in [0.25, 0.3) is 0 Å². The molecule has 0 aliphatic carbocycles. The van der Waals surface area contributed by atoms with E-state index in [9.17, 15) is 9.59 Å². The Labute approximate surface area is 115 Å². The lowest BCUT2D eigenvalue weighted by atomic mass is 9.88. The van der Waals surface area contributed by atoms with Gasteiger partial charge in [0.05, 0.1) is 6.61 Å². The zero-order chi connectivity index (χ0) is 14.5. The highest BCUT2D eigenvalue weighted by molar-refractivity contribution is 6.04. The van der Waals surface area contributed by atoms with E-state index in [-0.39, 0.29) is 11.8 Å². The fraction of sp³-hybridized carbons (Fsp3) is 0.857. The third-order valence-corrected chi connectivity index (χ3v) is 3.64. The van der Waals surface area contributed by atoms with Gasteiger partial charge in [-0.3, -0.25) is 9.59 Å². The minimum atomic E-state index is -1.01. The number of nitrogens with zero attached hydrogens (tertiary/aromatic N) is 1. The van der Waals surface area contributed by atoms with Crippen LogP contribution in [0.1, 0.15) is 33.6 Å². The minimum Gasteiger partial charge on any atom is -0.383 e. The van der Waals surface area contributed by atoms with Gasteiger partial charge in [-0.15, -0.1) is 0 Å². The number of methoxy groups -OCH3 is 1. The zero-order valence-corrected chi connectivity index (χ0v) is 12.5. The summed E-state index contributed by atoms with van der Waals surface area (Å²) in [7, 11) is 1.58. The number of carbonyl (C=O) groups excluding carboxylic acids is 2. The minimum absolute atomic E-state index is 0.0750. The lowest BCUT2D eigenvalue weighted by molar-refractivity contribution is -0.149. The second-order valence-corrected chi connectivity index (χ2v) is 5.87. The summed E-state index contributed by atoms with van der Waals surface area (Å²) in [5, 5.41) is 2.74. The maximum atomic E-state index is 12.5. The fourth-order valence-electron chi connectivity index (χ4n) is 2.35. The van der Waals surface area contributed by atoms with E-state index in [0.29, 0.717) is 19.1 Å². The van der Waals surface area contributed by atoms with Gasteiger partial charge < -0.3 is 15.0 Å². The Bertz CT molecular complexity index is 329. The number of piperidine rings is 1. The van der Waals surface area contributed by atoms with Gasteiger partial charge in [-0.25, -0.2) is 0 Å². The molecule has 0 aromatic rings. The van der Waals surface area contributed by atoms with E-state index in [1.807, 2.05) is 4.90 Å². The van der Waals surface area contributed by atoms with Crippen LogP contribution in [0.25, 0.3) is 0 Å². The number of carbonyl (C=O) groups is 2. The van der Waals surface area contributed by atoms with Crippen LogP contribution >= 0.6 is 0 Å². The lowest BCUT2D eigenvalue weighted by Crippen LogP contribution is -2.52. The smallest absolute Gasteiger partial charge is 0.237 e. The van der Waals surface area contributed by atoms with Gasteiger partial charge in [0, 0.05) is 26.7 Å². The van der Waals surface area contributed by atoms with Crippen molar-refractivity contribution in [2.24, 2.45) is 11.3 Å². The first-order valence-electron chi connectivity index (χ1n) is 6.96. The first-order chi connectivity index (χ1) is 8.89. The Balaban J connectivity index is 2.59. The number of amides is 2. The third-order valence-electron chi connectivity index (χ3n) is 3.64. The molecule has 0 aromatic carbocycles. The van der Waals surface area contributed by atoms with Crippen LogP contribution in [0, 0.1) is 11.3 Å². The Kier molecular flexibility index (Phi) is 5.79. The maximum absolute atomic E-state index is 12.5. The predicted molar refractivity (Wildman–Crippen MR) is 73.6 cm³/mol. The number of likely N-dealkylation sites (tertiary alicyclic amines) is 1. The molecule has 19 heavy (non-hydrogen) atoms. The molecule has 0 spiro atoms. The van der Waals surface area contributed by atoms with E-state index < -0.39 is 5.41 Å². The number of rotatable bonds is 5. The van der Waals surface area contributed by atoms with Gasteiger partial charge in [-0.2, -0.15) is 0 Å². The molecular weight excluding hydrogens is 244 g/mol. The summed E-state index contributed by atoms with van der Waals surface area (Å²) in [6, 6.07) is 0. The summed E-state index contributed by atoms with van der Waals surface area (Å²) in [6.07, 6.45) is 2.18. The van der Waals surface area contributed by atoms with Crippen molar-refractivity contribution in [2.75, 3.05) is 33.4 Å². The normalized spacial score (nSPS) is 20.2. The van der Waals surface area contributed by atoms with E-state index >= 15 is 0 Å². The molecule has 0 saturated carbocycles. The van der Waals surface area contributed by atoms with Gasteiger partial charge in [-0.1, -0.05) is 6.92 Å². The van der Waals surface area contributed by atoms with Crippen molar-refractivity contribution in [2.45, 2.75) is 33.6 Å². The third kappa shape index (κ3) is 4.20. The molecule has 1 unspecified atom stereocenters. The number of nitrogens with one attached hydrogen (secondary N) is 1. The molecule has 1 atom stereocenters. The average molecular weight is 270 g/mol. The molecule has 0 radical (unpaired) electrons. The maximum Gasteiger partial charge on any atom is 0.237 e. The first kappa shape index (κ1) is 16.0. The quantitative estimate of drug-likeness (QED) is 0.600. The van der Waals surface area contributed by atoms with Crippen molar-refractivity contribution >= 4 is 11.8 Å².